The van der Waals surface area contributed by atoms with Crippen molar-refractivity contribution in [3.05, 3.63) is 64.5 Å². The Hall–Kier alpha value is -1.97. The highest BCUT2D eigenvalue weighted by molar-refractivity contribution is 5.31. The van der Waals surface area contributed by atoms with E-state index in [1.165, 1.54) is 18.9 Å². The predicted octanol–water partition coefficient (Wildman–Crippen LogP) is 8.14. The van der Waals surface area contributed by atoms with Crippen LogP contribution < -0.4 is 4.74 Å². The molecule has 0 atom stereocenters. The molecular formula is C27H35F3O. The molecule has 0 unspecified atom stereocenters. The molecule has 0 aliphatic heterocycles. The van der Waals surface area contributed by atoms with Gasteiger partial charge in [0.25, 0.3) is 0 Å². The van der Waals surface area contributed by atoms with E-state index in [4.69, 9.17) is 4.74 Å². The van der Waals surface area contributed by atoms with Gasteiger partial charge in [-0.2, -0.15) is 4.39 Å². The zero-order valence-corrected chi connectivity index (χ0v) is 18.9. The van der Waals surface area contributed by atoms with Crippen LogP contribution in [0.2, 0.25) is 0 Å². The molecule has 0 spiro atoms. The van der Waals surface area contributed by atoms with Gasteiger partial charge in [-0.25, -0.2) is 8.78 Å². The molecule has 1 aliphatic carbocycles. The van der Waals surface area contributed by atoms with Gasteiger partial charge in [-0.05, 0) is 85.6 Å². The van der Waals surface area contributed by atoms with E-state index in [2.05, 4.69) is 13.0 Å². The summed E-state index contributed by atoms with van der Waals surface area (Å²) in [6.45, 7) is 4.48. The van der Waals surface area contributed by atoms with Crippen molar-refractivity contribution in [2.45, 2.75) is 84.0 Å². The van der Waals surface area contributed by atoms with Gasteiger partial charge in [0.1, 0.15) is 5.82 Å². The predicted molar refractivity (Wildman–Crippen MR) is 120 cm³/mol. The lowest BCUT2D eigenvalue weighted by Crippen LogP contribution is -2.20. The van der Waals surface area contributed by atoms with Gasteiger partial charge >= 0.3 is 0 Å². The van der Waals surface area contributed by atoms with Crippen LogP contribution in [-0.4, -0.2) is 6.61 Å². The molecule has 1 fully saturated rings. The molecule has 3 rings (SSSR count). The topological polar surface area (TPSA) is 9.23 Å². The summed E-state index contributed by atoms with van der Waals surface area (Å²) in [5, 5.41) is 0. The second kappa shape index (κ2) is 11.6. The third kappa shape index (κ3) is 6.27. The minimum atomic E-state index is -0.888. The number of unbranched alkanes of at least 4 members (excludes halogenated alkanes) is 2. The van der Waals surface area contributed by atoms with Crippen molar-refractivity contribution in [3.63, 3.8) is 0 Å². The monoisotopic (exact) mass is 432 g/mol. The average Bonchev–Trinajstić information content (AvgIpc) is 2.77. The first kappa shape index (κ1) is 23.7. The van der Waals surface area contributed by atoms with E-state index in [1.54, 1.807) is 12.1 Å². The molecule has 2 aromatic carbocycles. The van der Waals surface area contributed by atoms with Crippen LogP contribution in [0.5, 0.6) is 5.75 Å². The SMILES string of the molecule is CCCCCc1ccc(C2CCC(COc3ccc(CCC)c(F)c3F)CC2)c(F)c1. The maximum atomic E-state index is 14.7. The lowest BCUT2D eigenvalue weighted by molar-refractivity contribution is 0.192. The second-order valence-electron chi connectivity index (χ2n) is 8.94. The van der Waals surface area contributed by atoms with Crippen LogP contribution in [0.25, 0.3) is 0 Å². The molecule has 1 nitrogen and oxygen atoms in total. The van der Waals surface area contributed by atoms with E-state index in [0.29, 0.717) is 18.6 Å². The van der Waals surface area contributed by atoms with E-state index in [-0.39, 0.29) is 23.4 Å². The highest BCUT2D eigenvalue weighted by Crippen LogP contribution is 2.37. The maximum Gasteiger partial charge on any atom is 0.200 e. The van der Waals surface area contributed by atoms with Crippen LogP contribution in [-0.2, 0) is 12.8 Å². The molecule has 1 saturated carbocycles. The van der Waals surface area contributed by atoms with Crippen LogP contribution in [0.3, 0.4) is 0 Å². The van der Waals surface area contributed by atoms with E-state index < -0.39 is 11.6 Å². The van der Waals surface area contributed by atoms with E-state index >= 15 is 0 Å². The normalized spacial score (nSPS) is 18.9. The fraction of sp³-hybridized carbons (Fsp3) is 0.556. The Balaban J connectivity index is 1.50. The second-order valence-corrected chi connectivity index (χ2v) is 8.94. The molecule has 0 amide bonds. The first-order chi connectivity index (χ1) is 15.0. The Bertz CT molecular complexity index is 841. The molecular weight excluding hydrogens is 397 g/mol. The molecule has 0 N–H and O–H groups in total. The summed E-state index contributed by atoms with van der Waals surface area (Å²) in [5.41, 5.74) is 2.29. The van der Waals surface area contributed by atoms with Crippen LogP contribution in [0, 0.1) is 23.4 Å². The lowest BCUT2D eigenvalue weighted by Gasteiger charge is -2.29. The van der Waals surface area contributed by atoms with Crippen molar-refractivity contribution < 1.29 is 17.9 Å². The fourth-order valence-electron chi connectivity index (χ4n) is 4.63. The largest absolute Gasteiger partial charge is 0.490 e. The number of benzene rings is 2. The van der Waals surface area contributed by atoms with Crippen molar-refractivity contribution in [3.8, 4) is 5.75 Å². The fourth-order valence-corrected chi connectivity index (χ4v) is 4.63. The highest BCUT2D eigenvalue weighted by Gasteiger charge is 2.25. The zero-order valence-electron chi connectivity index (χ0n) is 18.9. The summed E-state index contributed by atoms with van der Waals surface area (Å²) in [6, 6.07) is 8.89. The van der Waals surface area contributed by atoms with Crippen molar-refractivity contribution >= 4 is 0 Å². The van der Waals surface area contributed by atoms with Gasteiger partial charge in [0, 0.05) is 0 Å². The van der Waals surface area contributed by atoms with Crippen LogP contribution >= 0.6 is 0 Å². The molecule has 4 heteroatoms. The zero-order chi connectivity index (χ0) is 22.2. The average molecular weight is 433 g/mol. The summed E-state index contributed by atoms with van der Waals surface area (Å²) in [5.74, 6) is -1.27. The molecule has 1 aliphatic rings. The highest BCUT2D eigenvalue weighted by atomic mass is 19.2. The Morgan fingerprint density at radius 3 is 2.29 bits per heavy atom. The molecule has 0 bridgehead atoms. The molecule has 0 saturated heterocycles. The Morgan fingerprint density at radius 1 is 0.839 bits per heavy atom. The summed E-state index contributed by atoms with van der Waals surface area (Å²) in [7, 11) is 0. The van der Waals surface area contributed by atoms with Gasteiger partial charge in [-0.3, -0.25) is 0 Å². The molecule has 31 heavy (non-hydrogen) atoms. The van der Waals surface area contributed by atoms with Crippen LogP contribution in [0.1, 0.15) is 87.8 Å². The number of rotatable bonds is 10. The number of aryl methyl sites for hydroxylation is 2. The molecule has 2 aromatic rings. The number of ether oxygens (including phenoxy) is 1. The van der Waals surface area contributed by atoms with Crippen molar-refractivity contribution in [1.82, 2.24) is 0 Å². The summed E-state index contributed by atoms with van der Waals surface area (Å²) < 4.78 is 48.7. The molecule has 0 radical (unpaired) electrons. The Morgan fingerprint density at radius 2 is 1.61 bits per heavy atom. The van der Waals surface area contributed by atoms with Gasteiger partial charge in [0.15, 0.2) is 11.6 Å². The van der Waals surface area contributed by atoms with Crippen molar-refractivity contribution in [1.29, 1.82) is 0 Å². The Kier molecular flexibility index (Phi) is 8.86. The van der Waals surface area contributed by atoms with Crippen LogP contribution in [0.4, 0.5) is 13.2 Å². The summed E-state index contributed by atoms with van der Waals surface area (Å²) >= 11 is 0. The number of hydrogen-bond acceptors (Lipinski definition) is 1. The third-order valence-electron chi connectivity index (χ3n) is 6.54. The first-order valence-corrected chi connectivity index (χ1v) is 11.9. The molecule has 0 heterocycles. The molecule has 0 aromatic heterocycles. The minimum Gasteiger partial charge on any atom is -0.490 e. The first-order valence-electron chi connectivity index (χ1n) is 11.9. The van der Waals surface area contributed by atoms with Crippen molar-refractivity contribution in [2.75, 3.05) is 6.61 Å². The van der Waals surface area contributed by atoms with Gasteiger partial charge in [-0.15, -0.1) is 0 Å². The van der Waals surface area contributed by atoms with E-state index in [1.807, 2.05) is 13.0 Å². The smallest absolute Gasteiger partial charge is 0.200 e. The van der Waals surface area contributed by atoms with Gasteiger partial charge < -0.3 is 4.74 Å². The van der Waals surface area contributed by atoms with E-state index in [0.717, 1.165) is 56.1 Å². The molecule has 170 valence electrons. The standard InChI is InChI=1S/C27H35F3O/c1-3-5-6-8-19-11-15-23(24(28)17-19)21-12-9-20(10-13-21)18-31-25-16-14-22(7-4-2)26(29)27(25)30/h11,14-17,20-21H,3-10,12-13,18H2,1-2H3. The summed E-state index contributed by atoms with van der Waals surface area (Å²) in [6.07, 6.45) is 9.26. The van der Waals surface area contributed by atoms with E-state index in [9.17, 15) is 13.2 Å². The van der Waals surface area contributed by atoms with Crippen molar-refractivity contribution in [2.24, 2.45) is 5.92 Å². The third-order valence-corrected chi connectivity index (χ3v) is 6.54. The quantitative estimate of drug-likeness (QED) is 0.344. The number of halogens is 3. The van der Waals surface area contributed by atoms with Crippen LogP contribution in [0.15, 0.2) is 30.3 Å². The Labute approximate surface area is 185 Å². The lowest BCUT2D eigenvalue weighted by atomic mass is 9.78. The van der Waals surface area contributed by atoms with Gasteiger partial charge in [-0.1, -0.05) is 51.3 Å². The number of hydrogen-bond donors (Lipinski definition) is 0. The summed E-state index contributed by atoms with van der Waals surface area (Å²) in [4.78, 5) is 0. The minimum absolute atomic E-state index is 0.0100. The van der Waals surface area contributed by atoms with Gasteiger partial charge in [0.2, 0.25) is 5.82 Å². The maximum absolute atomic E-state index is 14.7. The van der Waals surface area contributed by atoms with Gasteiger partial charge in [0.05, 0.1) is 6.61 Å².